The fraction of sp³-hybridized carbons (Fsp3) is 0.345. The smallest absolute Gasteiger partial charge is 0.178 e. The largest absolute Gasteiger partial charge is 0.299 e. The molecule has 178 valence electrons. The highest BCUT2D eigenvalue weighted by atomic mass is 32.2. The van der Waals surface area contributed by atoms with Crippen molar-refractivity contribution in [3.63, 3.8) is 0 Å². The summed E-state index contributed by atoms with van der Waals surface area (Å²) in [5, 5.41) is 0. The van der Waals surface area contributed by atoms with Crippen molar-refractivity contribution in [2.24, 2.45) is 11.8 Å². The normalized spacial score (nSPS) is 19.5. The second-order valence-electron chi connectivity index (χ2n) is 9.51. The van der Waals surface area contributed by atoms with Crippen LogP contribution < -0.4 is 0 Å². The predicted octanol–water partition coefficient (Wildman–Crippen LogP) is 6.84. The zero-order valence-corrected chi connectivity index (χ0v) is 20.3. The monoisotopic (exact) mass is 478 g/mol. The van der Waals surface area contributed by atoms with E-state index in [0.717, 1.165) is 42.4 Å². The molecule has 0 aromatic heterocycles. The topological polar surface area (TPSA) is 51.2 Å². The molecule has 3 aromatic carbocycles. The van der Waals surface area contributed by atoms with Gasteiger partial charge in [-0.3, -0.25) is 4.79 Å². The lowest BCUT2D eigenvalue weighted by Gasteiger charge is -2.28. The maximum atomic E-state index is 13.1. The Morgan fingerprint density at radius 2 is 1.44 bits per heavy atom. The van der Waals surface area contributed by atoms with E-state index >= 15 is 0 Å². The minimum atomic E-state index is -3.37. The third-order valence-corrected chi connectivity index (χ3v) is 8.92. The number of hydrogen-bond donors (Lipinski definition) is 0. The van der Waals surface area contributed by atoms with Crippen LogP contribution in [0.4, 0.5) is 4.39 Å². The first-order chi connectivity index (χ1) is 16.3. The second-order valence-corrected chi connectivity index (χ2v) is 11.5. The predicted molar refractivity (Wildman–Crippen MR) is 134 cm³/mol. The Hall–Kier alpha value is -2.79. The molecule has 1 aliphatic carbocycles. The minimum absolute atomic E-state index is 0.00740. The van der Waals surface area contributed by atoms with Gasteiger partial charge in [0.25, 0.3) is 0 Å². The average Bonchev–Trinajstić information content (AvgIpc) is 2.85. The molecule has 5 heteroatoms. The van der Waals surface area contributed by atoms with Crippen molar-refractivity contribution in [1.82, 2.24) is 0 Å². The van der Waals surface area contributed by atoms with E-state index in [-0.39, 0.29) is 35.1 Å². The van der Waals surface area contributed by atoms with Gasteiger partial charge in [-0.15, -0.1) is 0 Å². The van der Waals surface area contributed by atoms with Crippen molar-refractivity contribution in [3.8, 4) is 11.1 Å². The molecule has 0 unspecified atom stereocenters. The first-order valence-electron chi connectivity index (χ1n) is 12.0. The highest BCUT2D eigenvalue weighted by molar-refractivity contribution is 7.91. The number of Topliss-reactive ketones (excluding diaryl/α,β-unsaturated/α-hetero) is 1. The van der Waals surface area contributed by atoms with Gasteiger partial charge < -0.3 is 0 Å². The number of carbonyl (C=O) groups is 1. The number of sulfone groups is 1. The summed E-state index contributed by atoms with van der Waals surface area (Å²) < 4.78 is 39.1. The van der Waals surface area contributed by atoms with Crippen molar-refractivity contribution >= 4 is 15.6 Å². The Kier molecular flexibility index (Phi) is 7.62. The van der Waals surface area contributed by atoms with E-state index in [9.17, 15) is 17.6 Å². The molecule has 0 aliphatic heterocycles. The van der Waals surface area contributed by atoms with Gasteiger partial charge in [-0.1, -0.05) is 61.5 Å². The number of benzene rings is 3. The summed E-state index contributed by atoms with van der Waals surface area (Å²) in [6.45, 7) is 1.99. The number of ketones is 1. The maximum Gasteiger partial charge on any atom is 0.178 e. The summed E-state index contributed by atoms with van der Waals surface area (Å²) in [6, 6.07) is 23.3. The fourth-order valence-corrected chi connectivity index (χ4v) is 6.62. The van der Waals surface area contributed by atoms with Crippen LogP contribution in [0, 0.1) is 17.7 Å². The van der Waals surface area contributed by atoms with Gasteiger partial charge in [-0.25, -0.2) is 12.8 Å². The first kappa shape index (κ1) is 24.3. The standard InChI is InChI=1S/C29H31FO3S/c1-21(23-11-15-27(30)16-12-23)19-29(31)26-9-7-22(8-10-26)20-34(32,33)28-17-13-25(14-18-28)24-5-3-2-4-6-24/h2-6,11-18,21-22,26H,7-10,19-20H2,1H3/t21-,22?,26?/m0/s1. The third-order valence-electron chi connectivity index (χ3n) is 7.02. The molecule has 0 heterocycles. The zero-order valence-electron chi connectivity index (χ0n) is 19.5. The summed E-state index contributed by atoms with van der Waals surface area (Å²) in [7, 11) is -3.37. The average molecular weight is 479 g/mol. The van der Waals surface area contributed by atoms with Crippen LogP contribution in [0.2, 0.25) is 0 Å². The van der Waals surface area contributed by atoms with Crippen LogP contribution in [0.5, 0.6) is 0 Å². The summed E-state index contributed by atoms with van der Waals surface area (Å²) in [5.41, 5.74) is 3.02. The number of carbonyl (C=O) groups excluding carboxylic acids is 1. The quantitative estimate of drug-likeness (QED) is 0.356. The highest BCUT2D eigenvalue weighted by Gasteiger charge is 2.30. The van der Waals surface area contributed by atoms with E-state index in [0.29, 0.717) is 11.3 Å². The maximum absolute atomic E-state index is 13.1. The molecular weight excluding hydrogens is 447 g/mol. The second kappa shape index (κ2) is 10.6. The van der Waals surface area contributed by atoms with Crippen LogP contribution in [0.25, 0.3) is 11.1 Å². The molecule has 0 N–H and O–H groups in total. The van der Waals surface area contributed by atoms with Gasteiger partial charge in [0.15, 0.2) is 9.84 Å². The Morgan fingerprint density at radius 1 is 0.853 bits per heavy atom. The molecule has 1 saturated carbocycles. The Morgan fingerprint density at radius 3 is 2.06 bits per heavy atom. The van der Waals surface area contributed by atoms with Gasteiger partial charge in [0.2, 0.25) is 0 Å². The molecule has 0 bridgehead atoms. The van der Waals surface area contributed by atoms with Gasteiger partial charge in [0.1, 0.15) is 11.6 Å². The molecule has 34 heavy (non-hydrogen) atoms. The van der Waals surface area contributed by atoms with Crippen molar-refractivity contribution in [1.29, 1.82) is 0 Å². The lowest BCUT2D eigenvalue weighted by Crippen LogP contribution is -2.26. The van der Waals surface area contributed by atoms with Crippen LogP contribution in [0.1, 0.15) is 50.5 Å². The molecule has 1 fully saturated rings. The molecule has 3 aromatic rings. The summed E-state index contributed by atoms with van der Waals surface area (Å²) in [6.07, 6.45) is 3.42. The van der Waals surface area contributed by atoms with Crippen LogP contribution in [-0.4, -0.2) is 20.0 Å². The third kappa shape index (κ3) is 6.01. The van der Waals surface area contributed by atoms with Crippen LogP contribution >= 0.6 is 0 Å². The molecule has 0 spiro atoms. The van der Waals surface area contributed by atoms with Crippen molar-refractivity contribution in [3.05, 3.63) is 90.2 Å². The van der Waals surface area contributed by atoms with Gasteiger partial charge in [0.05, 0.1) is 10.6 Å². The van der Waals surface area contributed by atoms with Crippen molar-refractivity contribution in [2.75, 3.05) is 5.75 Å². The summed E-state index contributed by atoms with van der Waals surface area (Å²) in [4.78, 5) is 13.2. The van der Waals surface area contributed by atoms with E-state index in [4.69, 9.17) is 0 Å². The van der Waals surface area contributed by atoms with E-state index in [1.165, 1.54) is 12.1 Å². The summed E-state index contributed by atoms with van der Waals surface area (Å²) >= 11 is 0. The van der Waals surface area contributed by atoms with E-state index in [2.05, 4.69) is 0 Å². The molecule has 1 atom stereocenters. The highest BCUT2D eigenvalue weighted by Crippen LogP contribution is 2.34. The van der Waals surface area contributed by atoms with E-state index in [1.807, 2.05) is 49.4 Å². The van der Waals surface area contributed by atoms with Gasteiger partial charge in [-0.2, -0.15) is 0 Å². The van der Waals surface area contributed by atoms with Gasteiger partial charge in [0, 0.05) is 12.3 Å². The molecule has 1 aliphatic rings. The zero-order chi connectivity index (χ0) is 24.1. The lowest BCUT2D eigenvalue weighted by molar-refractivity contribution is -0.124. The minimum Gasteiger partial charge on any atom is -0.299 e. The SMILES string of the molecule is C[C@@H](CC(=O)C1CCC(CS(=O)(=O)c2ccc(-c3ccccc3)cc2)CC1)c1ccc(F)cc1. The van der Waals surface area contributed by atoms with E-state index < -0.39 is 9.84 Å². The molecule has 3 nitrogen and oxygen atoms in total. The summed E-state index contributed by atoms with van der Waals surface area (Å²) in [5.74, 6) is 0.205. The molecule has 0 radical (unpaired) electrons. The van der Waals surface area contributed by atoms with E-state index in [1.54, 1.807) is 24.3 Å². The van der Waals surface area contributed by atoms with Crippen LogP contribution in [-0.2, 0) is 14.6 Å². The Balaban J connectivity index is 1.30. The molecule has 0 amide bonds. The molecular formula is C29H31FO3S. The Labute approximate surface area is 202 Å². The van der Waals surface area contributed by atoms with Crippen molar-refractivity contribution < 1.29 is 17.6 Å². The first-order valence-corrected chi connectivity index (χ1v) is 13.6. The van der Waals surface area contributed by atoms with Gasteiger partial charge >= 0.3 is 0 Å². The number of rotatable bonds is 8. The van der Waals surface area contributed by atoms with Gasteiger partial charge in [-0.05, 0) is 78.5 Å². The Bertz CT molecular complexity index is 1190. The number of hydrogen-bond acceptors (Lipinski definition) is 3. The number of halogens is 1. The lowest BCUT2D eigenvalue weighted by atomic mass is 9.78. The fourth-order valence-electron chi connectivity index (χ4n) is 4.92. The van der Waals surface area contributed by atoms with Crippen molar-refractivity contribution in [2.45, 2.75) is 49.8 Å². The molecule has 0 saturated heterocycles. The molecule has 4 rings (SSSR count). The van der Waals surface area contributed by atoms with Crippen LogP contribution in [0.3, 0.4) is 0 Å². The van der Waals surface area contributed by atoms with Crippen LogP contribution in [0.15, 0.2) is 83.8 Å².